The van der Waals surface area contributed by atoms with E-state index < -0.39 is 10.0 Å². The molecule has 120 valence electrons. The third-order valence-electron chi connectivity index (χ3n) is 3.02. The highest BCUT2D eigenvalue weighted by atomic mass is 32.2. The molecule has 0 saturated heterocycles. The first-order valence-electron chi connectivity index (χ1n) is 6.64. The van der Waals surface area contributed by atoms with E-state index in [1.807, 2.05) is 0 Å². The van der Waals surface area contributed by atoms with Crippen LogP contribution in [0.2, 0.25) is 0 Å². The summed E-state index contributed by atoms with van der Waals surface area (Å²) in [7, 11) is -2.17. The van der Waals surface area contributed by atoms with Crippen LogP contribution < -0.4 is 15.2 Å². The maximum atomic E-state index is 12.0. The standard InChI is InChI=1S/C16H16N2O4S/c1-22-14-4-2-3-12(11-14)16(19)9-10-18-13-5-7-15(8-6-13)23(17,20)21/h2-11,18H,1H3,(H2,17,20,21). The number of methoxy groups -OCH3 is 1. The van der Waals surface area contributed by atoms with Crippen molar-refractivity contribution >= 4 is 21.5 Å². The second-order valence-corrected chi connectivity index (χ2v) is 6.20. The Kier molecular flexibility index (Phi) is 5.15. The smallest absolute Gasteiger partial charge is 0.238 e. The van der Waals surface area contributed by atoms with Gasteiger partial charge in [-0.15, -0.1) is 0 Å². The molecule has 0 radical (unpaired) electrons. The van der Waals surface area contributed by atoms with Gasteiger partial charge in [0.15, 0.2) is 5.78 Å². The fourth-order valence-corrected chi connectivity index (χ4v) is 2.34. The number of anilines is 1. The van der Waals surface area contributed by atoms with Gasteiger partial charge in [-0.05, 0) is 36.4 Å². The molecule has 7 heteroatoms. The highest BCUT2D eigenvalue weighted by Gasteiger charge is 2.06. The SMILES string of the molecule is COc1cccc(C(=O)C=CNc2ccc(S(N)(=O)=O)cc2)c1. The number of hydrogen-bond acceptors (Lipinski definition) is 5. The minimum atomic E-state index is -3.71. The second kappa shape index (κ2) is 7.08. The Morgan fingerprint density at radius 1 is 1.17 bits per heavy atom. The molecule has 0 aliphatic heterocycles. The zero-order valence-corrected chi connectivity index (χ0v) is 13.2. The van der Waals surface area contributed by atoms with Gasteiger partial charge in [-0.1, -0.05) is 12.1 Å². The summed E-state index contributed by atoms with van der Waals surface area (Å²) in [4.78, 5) is 12.0. The van der Waals surface area contributed by atoms with Crippen LogP contribution in [0.25, 0.3) is 0 Å². The van der Waals surface area contributed by atoms with Gasteiger partial charge in [0.1, 0.15) is 5.75 Å². The molecule has 3 N–H and O–H groups in total. The van der Waals surface area contributed by atoms with E-state index in [2.05, 4.69) is 5.32 Å². The summed E-state index contributed by atoms with van der Waals surface area (Å²) in [5.74, 6) is 0.424. The Balaban J connectivity index is 2.02. The molecule has 0 saturated carbocycles. The van der Waals surface area contributed by atoms with Crippen LogP contribution in [0.3, 0.4) is 0 Å². The van der Waals surface area contributed by atoms with Crippen molar-refractivity contribution in [2.75, 3.05) is 12.4 Å². The Bertz CT molecular complexity index is 827. The Labute approximate surface area is 134 Å². The van der Waals surface area contributed by atoms with Crippen LogP contribution in [-0.2, 0) is 10.0 Å². The molecular weight excluding hydrogens is 316 g/mol. The fraction of sp³-hybridized carbons (Fsp3) is 0.0625. The summed E-state index contributed by atoms with van der Waals surface area (Å²) in [6, 6.07) is 12.7. The van der Waals surface area contributed by atoms with Crippen LogP contribution in [0.15, 0.2) is 65.7 Å². The van der Waals surface area contributed by atoms with E-state index in [1.54, 1.807) is 36.4 Å². The molecule has 0 aliphatic rings. The first kappa shape index (κ1) is 16.7. The number of rotatable bonds is 6. The predicted molar refractivity (Wildman–Crippen MR) is 87.9 cm³/mol. The lowest BCUT2D eigenvalue weighted by molar-refractivity contribution is 0.104. The van der Waals surface area contributed by atoms with Crippen molar-refractivity contribution in [2.24, 2.45) is 5.14 Å². The molecule has 0 spiro atoms. The van der Waals surface area contributed by atoms with Gasteiger partial charge >= 0.3 is 0 Å². The molecule has 0 unspecified atom stereocenters. The summed E-state index contributed by atoms with van der Waals surface area (Å²) in [6.45, 7) is 0. The molecule has 0 aliphatic carbocycles. The van der Waals surface area contributed by atoms with E-state index >= 15 is 0 Å². The van der Waals surface area contributed by atoms with Crippen LogP contribution in [-0.4, -0.2) is 21.3 Å². The largest absolute Gasteiger partial charge is 0.497 e. The minimum Gasteiger partial charge on any atom is -0.497 e. The normalized spacial score (nSPS) is 11.4. The summed E-state index contributed by atoms with van der Waals surface area (Å²) >= 11 is 0. The van der Waals surface area contributed by atoms with Gasteiger partial charge in [-0.3, -0.25) is 4.79 Å². The highest BCUT2D eigenvalue weighted by molar-refractivity contribution is 7.89. The maximum Gasteiger partial charge on any atom is 0.238 e. The molecule has 0 aromatic heterocycles. The molecule has 23 heavy (non-hydrogen) atoms. The zero-order valence-electron chi connectivity index (χ0n) is 12.4. The van der Waals surface area contributed by atoms with Crippen molar-refractivity contribution in [2.45, 2.75) is 4.90 Å². The lowest BCUT2D eigenvalue weighted by Crippen LogP contribution is -2.11. The third-order valence-corrected chi connectivity index (χ3v) is 3.95. The van der Waals surface area contributed by atoms with E-state index in [0.717, 1.165) is 0 Å². The maximum absolute atomic E-state index is 12.0. The number of hydrogen-bond donors (Lipinski definition) is 2. The van der Waals surface area contributed by atoms with Gasteiger partial charge in [-0.25, -0.2) is 13.6 Å². The first-order valence-corrected chi connectivity index (χ1v) is 8.19. The molecule has 0 bridgehead atoms. The molecule has 2 rings (SSSR count). The van der Waals surface area contributed by atoms with Crippen molar-refractivity contribution in [1.82, 2.24) is 0 Å². The van der Waals surface area contributed by atoms with Gasteiger partial charge in [0, 0.05) is 23.5 Å². The predicted octanol–water partition coefficient (Wildman–Crippen LogP) is 2.15. The van der Waals surface area contributed by atoms with Crippen molar-refractivity contribution < 1.29 is 17.9 Å². The molecule has 0 atom stereocenters. The molecule has 0 fully saturated rings. The van der Waals surface area contributed by atoms with Crippen LogP contribution in [0.1, 0.15) is 10.4 Å². The fourth-order valence-electron chi connectivity index (χ4n) is 1.83. The van der Waals surface area contributed by atoms with Crippen molar-refractivity contribution in [1.29, 1.82) is 0 Å². The molecule has 6 nitrogen and oxygen atoms in total. The number of nitrogens with one attached hydrogen (secondary N) is 1. The van der Waals surface area contributed by atoms with Gasteiger partial charge in [-0.2, -0.15) is 0 Å². The third kappa shape index (κ3) is 4.67. The summed E-state index contributed by atoms with van der Waals surface area (Å²) in [6.07, 6.45) is 2.86. The number of sulfonamides is 1. The van der Waals surface area contributed by atoms with Gasteiger partial charge in [0.2, 0.25) is 10.0 Å². The van der Waals surface area contributed by atoms with E-state index in [0.29, 0.717) is 17.0 Å². The quantitative estimate of drug-likeness (QED) is 0.624. The van der Waals surface area contributed by atoms with Gasteiger partial charge in [0.25, 0.3) is 0 Å². The number of carbonyl (C=O) groups excluding carboxylic acids is 1. The lowest BCUT2D eigenvalue weighted by atomic mass is 10.1. The lowest BCUT2D eigenvalue weighted by Gasteiger charge is -2.03. The summed E-state index contributed by atoms with van der Waals surface area (Å²) in [5.41, 5.74) is 1.14. The molecule has 2 aromatic carbocycles. The number of ketones is 1. The molecule has 0 amide bonds. The Morgan fingerprint density at radius 3 is 2.48 bits per heavy atom. The van der Waals surface area contributed by atoms with Crippen LogP contribution >= 0.6 is 0 Å². The number of ether oxygens (including phenoxy) is 1. The topological polar surface area (TPSA) is 98.5 Å². The van der Waals surface area contributed by atoms with Crippen LogP contribution in [0, 0.1) is 0 Å². The minimum absolute atomic E-state index is 0.0273. The summed E-state index contributed by atoms with van der Waals surface area (Å²) in [5, 5.41) is 7.90. The monoisotopic (exact) mass is 332 g/mol. The average molecular weight is 332 g/mol. The van der Waals surface area contributed by atoms with Crippen LogP contribution in [0.4, 0.5) is 5.69 Å². The van der Waals surface area contributed by atoms with Crippen molar-refractivity contribution in [3.63, 3.8) is 0 Å². The van der Waals surface area contributed by atoms with Crippen molar-refractivity contribution in [3.8, 4) is 5.75 Å². The molecule has 2 aromatic rings. The molecule has 0 heterocycles. The van der Waals surface area contributed by atoms with Crippen molar-refractivity contribution in [3.05, 3.63) is 66.4 Å². The van der Waals surface area contributed by atoms with E-state index in [9.17, 15) is 13.2 Å². The van der Waals surface area contributed by atoms with E-state index in [1.165, 1.54) is 31.5 Å². The Morgan fingerprint density at radius 2 is 1.87 bits per heavy atom. The van der Waals surface area contributed by atoms with Gasteiger partial charge < -0.3 is 10.1 Å². The van der Waals surface area contributed by atoms with Crippen LogP contribution in [0.5, 0.6) is 5.75 Å². The number of benzene rings is 2. The Hall–Kier alpha value is -2.64. The number of primary sulfonamides is 1. The van der Waals surface area contributed by atoms with E-state index in [-0.39, 0.29) is 10.7 Å². The second-order valence-electron chi connectivity index (χ2n) is 4.64. The average Bonchev–Trinajstić information content (AvgIpc) is 2.54. The zero-order chi connectivity index (χ0) is 16.9. The summed E-state index contributed by atoms with van der Waals surface area (Å²) < 4.78 is 27.4. The van der Waals surface area contributed by atoms with E-state index in [4.69, 9.17) is 9.88 Å². The number of allylic oxidation sites excluding steroid dienone is 1. The first-order chi connectivity index (χ1) is 10.9. The number of nitrogens with two attached hydrogens (primary N) is 1. The van der Waals surface area contributed by atoms with Gasteiger partial charge in [0.05, 0.1) is 12.0 Å². The molecular formula is C16H16N2O4S. The highest BCUT2D eigenvalue weighted by Crippen LogP contribution is 2.14. The number of carbonyl (C=O) groups is 1.